The summed E-state index contributed by atoms with van der Waals surface area (Å²) in [7, 11) is 0. The number of hydrogen-bond acceptors (Lipinski definition) is 3. The van der Waals surface area contributed by atoms with Crippen LogP contribution in [0.15, 0.2) is 0 Å². The number of likely N-dealkylation sites (tertiary alicyclic amines) is 1. The molecule has 2 unspecified atom stereocenters. The van der Waals surface area contributed by atoms with Crippen molar-refractivity contribution in [1.82, 2.24) is 15.5 Å². The highest BCUT2D eigenvalue weighted by atomic mass is 19.4. The van der Waals surface area contributed by atoms with Gasteiger partial charge in [-0.05, 0) is 45.8 Å². The minimum atomic E-state index is -4.51. The van der Waals surface area contributed by atoms with Gasteiger partial charge >= 0.3 is 6.18 Å². The molecule has 2 aliphatic heterocycles. The summed E-state index contributed by atoms with van der Waals surface area (Å²) < 4.78 is 39.6. The Morgan fingerprint density at radius 2 is 2.05 bits per heavy atom. The van der Waals surface area contributed by atoms with Crippen molar-refractivity contribution in [2.24, 2.45) is 5.41 Å². The van der Waals surface area contributed by atoms with Crippen molar-refractivity contribution in [2.45, 2.75) is 38.4 Å². The van der Waals surface area contributed by atoms with Gasteiger partial charge in [0.1, 0.15) is 0 Å². The number of carbonyl (C=O) groups excluding carboxylic acids is 1. The van der Waals surface area contributed by atoms with Crippen molar-refractivity contribution in [3.63, 3.8) is 0 Å². The van der Waals surface area contributed by atoms with Crippen molar-refractivity contribution >= 4 is 5.91 Å². The third-order valence-electron chi connectivity index (χ3n) is 4.24. The lowest BCUT2D eigenvalue weighted by atomic mass is 9.85. The van der Waals surface area contributed by atoms with E-state index in [9.17, 15) is 18.0 Å². The molecule has 0 radical (unpaired) electrons. The highest BCUT2D eigenvalue weighted by Crippen LogP contribution is 2.43. The molecule has 0 aromatic heterocycles. The third kappa shape index (κ3) is 3.09. The molecular formula is C13H22F3N3O. The van der Waals surface area contributed by atoms with Crippen LogP contribution < -0.4 is 10.6 Å². The third-order valence-corrected chi connectivity index (χ3v) is 4.24. The van der Waals surface area contributed by atoms with Crippen LogP contribution in [0.3, 0.4) is 0 Å². The second-order valence-electron chi connectivity index (χ2n) is 5.89. The van der Waals surface area contributed by atoms with E-state index in [4.69, 9.17) is 0 Å². The predicted molar refractivity (Wildman–Crippen MR) is 69.3 cm³/mol. The van der Waals surface area contributed by atoms with Crippen molar-refractivity contribution in [3.8, 4) is 0 Å². The fourth-order valence-corrected chi connectivity index (χ4v) is 3.02. The Morgan fingerprint density at radius 3 is 2.55 bits per heavy atom. The average Bonchev–Trinajstić information content (AvgIpc) is 2.97. The molecule has 2 fully saturated rings. The van der Waals surface area contributed by atoms with Gasteiger partial charge in [0.25, 0.3) is 0 Å². The van der Waals surface area contributed by atoms with E-state index in [1.807, 2.05) is 0 Å². The Labute approximate surface area is 117 Å². The summed E-state index contributed by atoms with van der Waals surface area (Å²) in [6.45, 7) is 4.22. The second kappa shape index (κ2) is 5.89. The fraction of sp³-hybridized carbons (Fsp3) is 0.923. The number of amides is 1. The summed E-state index contributed by atoms with van der Waals surface area (Å²) in [5.41, 5.74) is -2.26. The topological polar surface area (TPSA) is 44.4 Å². The molecule has 2 rings (SSSR count). The highest BCUT2D eigenvalue weighted by molar-refractivity contribution is 5.84. The zero-order valence-corrected chi connectivity index (χ0v) is 11.7. The first kappa shape index (κ1) is 15.6. The monoisotopic (exact) mass is 293 g/mol. The smallest absolute Gasteiger partial charge is 0.352 e. The molecule has 0 aromatic carbocycles. The average molecular weight is 293 g/mol. The standard InChI is InChI=1S/C13H22F3N3O/c1-10(8-19-6-2-3-7-19)18-11(20)12(13(14,15)16)4-5-17-9-12/h10,17H,2-9H2,1H3,(H,18,20). The van der Waals surface area contributed by atoms with E-state index in [1.165, 1.54) is 0 Å². The van der Waals surface area contributed by atoms with Gasteiger partial charge in [-0.1, -0.05) is 0 Å². The summed E-state index contributed by atoms with van der Waals surface area (Å²) in [5.74, 6) is -0.887. The number of alkyl halides is 3. The van der Waals surface area contributed by atoms with Gasteiger partial charge in [-0.15, -0.1) is 0 Å². The minimum Gasteiger partial charge on any atom is -0.352 e. The molecule has 0 aromatic rings. The molecule has 0 aliphatic carbocycles. The van der Waals surface area contributed by atoms with E-state index in [1.54, 1.807) is 6.92 Å². The van der Waals surface area contributed by atoms with Gasteiger partial charge in [0, 0.05) is 19.1 Å². The molecule has 4 nitrogen and oxygen atoms in total. The molecule has 116 valence electrons. The summed E-state index contributed by atoms with van der Waals surface area (Å²) in [6, 6.07) is -0.263. The summed E-state index contributed by atoms with van der Waals surface area (Å²) in [5, 5.41) is 5.21. The molecule has 0 bridgehead atoms. The zero-order valence-electron chi connectivity index (χ0n) is 11.7. The van der Waals surface area contributed by atoms with Gasteiger partial charge in [-0.2, -0.15) is 13.2 Å². The van der Waals surface area contributed by atoms with Gasteiger partial charge < -0.3 is 15.5 Å². The van der Waals surface area contributed by atoms with E-state index in [-0.39, 0.29) is 25.6 Å². The highest BCUT2D eigenvalue weighted by Gasteiger charge is 2.61. The molecule has 1 amide bonds. The Balaban J connectivity index is 1.94. The van der Waals surface area contributed by atoms with E-state index < -0.39 is 17.5 Å². The normalized spacial score (nSPS) is 29.6. The molecule has 0 spiro atoms. The van der Waals surface area contributed by atoms with Gasteiger partial charge in [-0.3, -0.25) is 4.79 Å². The first-order valence-electron chi connectivity index (χ1n) is 7.16. The van der Waals surface area contributed by atoms with E-state index in [0.717, 1.165) is 25.9 Å². The lowest BCUT2D eigenvalue weighted by Gasteiger charge is -2.31. The summed E-state index contributed by atoms with van der Waals surface area (Å²) in [6.07, 6.45) is -2.44. The predicted octanol–water partition coefficient (Wildman–Crippen LogP) is 1.13. The Bertz CT molecular complexity index is 347. The maximum absolute atomic E-state index is 13.2. The summed E-state index contributed by atoms with van der Waals surface area (Å²) in [4.78, 5) is 14.3. The van der Waals surface area contributed by atoms with Crippen LogP contribution in [0, 0.1) is 5.41 Å². The number of rotatable bonds is 4. The van der Waals surface area contributed by atoms with Crippen molar-refractivity contribution in [1.29, 1.82) is 0 Å². The van der Waals surface area contributed by atoms with Crippen LogP contribution in [-0.4, -0.2) is 55.7 Å². The fourth-order valence-electron chi connectivity index (χ4n) is 3.02. The lowest BCUT2D eigenvalue weighted by molar-refractivity contribution is -0.216. The Hall–Kier alpha value is -0.820. The maximum Gasteiger partial charge on any atom is 0.404 e. The quantitative estimate of drug-likeness (QED) is 0.817. The molecule has 7 heteroatoms. The molecule has 2 atom stereocenters. The molecule has 2 aliphatic rings. The van der Waals surface area contributed by atoms with Crippen LogP contribution in [0.4, 0.5) is 13.2 Å². The van der Waals surface area contributed by atoms with Crippen LogP contribution in [0.25, 0.3) is 0 Å². The van der Waals surface area contributed by atoms with Crippen molar-refractivity contribution in [3.05, 3.63) is 0 Å². The molecule has 0 saturated carbocycles. The van der Waals surface area contributed by atoms with Crippen LogP contribution in [0.1, 0.15) is 26.2 Å². The van der Waals surface area contributed by atoms with Crippen LogP contribution in [0.2, 0.25) is 0 Å². The molecule has 2 N–H and O–H groups in total. The van der Waals surface area contributed by atoms with E-state index >= 15 is 0 Å². The number of carbonyl (C=O) groups is 1. The minimum absolute atomic E-state index is 0.182. The SMILES string of the molecule is CC(CN1CCCC1)NC(=O)C1(C(F)(F)F)CCNC1. The van der Waals surface area contributed by atoms with Gasteiger partial charge in [0.2, 0.25) is 5.91 Å². The number of nitrogens with one attached hydrogen (secondary N) is 2. The van der Waals surface area contributed by atoms with Gasteiger partial charge in [-0.25, -0.2) is 0 Å². The van der Waals surface area contributed by atoms with E-state index in [0.29, 0.717) is 6.54 Å². The van der Waals surface area contributed by atoms with Crippen LogP contribution in [-0.2, 0) is 4.79 Å². The molecular weight excluding hydrogens is 271 g/mol. The first-order valence-corrected chi connectivity index (χ1v) is 7.16. The summed E-state index contributed by atoms with van der Waals surface area (Å²) >= 11 is 0. The van der Waals surface area contributed by atoms with E-state index in [2.05, 4.69) is 15.5 Å². The number of hydrogen-bond donors (Lipinski definition) is 2. The molecule has 2 heterocycles. The number of nitrogens with zero attached hydrogens (tertiary/aromatic N) is 1. The number of halogens is 3. The lowest BCUT2D eigenvalue weighted by Crippen LogP contribution is -2.55. The second-order valence-corrected chi connectivity index (χ2v) is 5.89. The Morgan fingerprint density at radius 1 is 1.40 bits per heavy atom. The first-order chi connectivity index (χ1) is 9.35. The zero-order chi connectivity index (χ0) is 14.8. The Kier molecular flexibility index (Phi) is 4.59. The molecule has 20 heavy (non-hydrogen) atoms. The van der Waals surface area contributed by atoms with Crippen molar-refractivity contribution < 1.29 is 18.0 Å². The van der Waals surface area contributed by atoms with Crippen LogP contribution >= 0.6 is 0 Å². The van der Waals surface area contributed by atoms with Gasteiger partial charge in [0.15, 0.2) is 5.41 Å². The molecule has 2 saturated heterocycles. The van der Waals surface area contributed by atoms with Crippen LogP contribution in [0.5, 0.6) is 0 Å². The maximum atomic E-state index is 13.2. The largest absolute Gasteiger partial charge is 0.404 e. The van der Waals surface area contributed by atoms with Crippen molar-refractivity contribution in [2.75, 3.05) is 32.7 Å². The van der Waals surface area contributed by atoms with Gasteiger partial charge in [0.05, 0.1) is 0 Å².